The maximum absolute atomic E-state index is 15.0. The first-order chi connectivity index (χ1) is 18.9. The van der Waals surface area contributed by atoms with Crippen molar-refractivity contribution in [2.75, 3.05) is 0 Å². The number of imidazole rings is 1. The SMILES string of the molecule is C=C(/C(F)=C\C=C/C)c1nc2cnc(-n3nccn3)cc2n1C1CCCC(NC(=O)c2ccc(Cl)s2)C1.CC. The van der Waals surface area contributed by atoms with E-state index in [1.807, 2.05) is 31.4 Å². The van der Waals surface area contributed by atoms with E-state index in [2.05, 4.69) is 27.1 Å². The molecule has 4 aromatic heterocycles. The number of allylic oxidation sites excluding steroid dienone is 5. The van der Waals surface area contributed by atoms with Crippen LogP contribution >= 0.6 is 22.9 Å². The van der Waals surface area contributed by atoms with Crippen molar-refractivity contribution in [2.45, 2.75) is 58.5 Å². The number of fused-ring (bicyclic) bond motifs is 1. The molecule has 4 aromatic rings. The van der Waals surface area contributed by atoms with Gasteiger partial charge in [0, 0.05) is 23.7 Å². The van der Waals surface area contributed by atoms with Gasteiger partial charge in [-0.25, -0.2) is 14.4 Å². The minimum absolute atomic E-state index is 0.0435. The van der Waals surface area contributed by atoms with Crippen molar-refractivity contribution in [2.24, 2.45) is 0 Å². The van der Waals surface area contributed by atoms with E-state index in [1.54, 1.807) is 42.9 Å². The normalized spacial score (nSPS) is 17.7. The van der Waals surface area contributed by atoms with Gasteiger partial charge >= 0.3 is 0 Å². The van der Waals surface area contributed by atoms with E-state index < -0.39 is 5.83 Å². The molecule has 204 valence electrons. The van der Waals surface area contributed by atoms with Crippen LogP contribution in [0.25, 0.3) is 22.4 Å². The minimum atomic E-state index is -0.466. The van der Waals surface area contributed by atoms with Crippen LogP contribution in [0, 0.1) is 0 Å². The van der Waals surface area contributed by atoms with Crippen molar-refractivity contribution in [3.63, 3.8) is 0 Å². The van der Waals surface area contributed by atoms with Crippen molar-refractivity contribution in [3.05, 3.63) is 82.5 Å². The lowest BCUT2D eigenvalue weighted by Gasteiger charge is -2.32. The zero-order valence-corrected chi connectivity index (χ0v) is 23.7. The summed E-state index contributed by atoms with van der Waals surface area (Å²) in [5.74, 6) is 0.352. The molecule has 2 atom stereocenters. The summed E-state index contributed by atoms with van der Waals surface area (Å²) in [5.41, 5.74) is 1.58. The molecule has 0 aromatic carbocycles. The Bertz CT molecular complexity index is 1510. The van der Waals surface area contributed by atoms with Gasteiger partial charge in [0.2, 0.25) is 0 Å². The number of nitrogens with one attached hydrogen (secondary N) is 1. The van der Waals surface area contributed by atoms with Crippen LogP contribution in [0.4, 0.5) is 4.39 Å². The average Bonchev–Trinajstić information content (AvgIpc) is 3.72. The van der Waals surface area contributed by atoms with Crippen LogP contribution in [0.5, 0.6) is 0 Å². The van der Waals surface area contributed by atoms with Crippen molar-refractivity contribution in [1.82, 2.24) is 34.8 Å². The van der Waals surface area contributed by atoms with Gasteiger partial charge in [0.15, 0.2) is 5.82 Å². The fraction of sp³-hybridized carbons (Fsp3) is 0.321. The maximum Gasteiger partial charge on any atom is 0.261 e. The summed E-state index contributed by atoms with van der Waals surface area (Å²) in [4.78, 5) is 24.0. The van der Waals surface area contributed by atoms with Crippen molar-refractivity contribution < 1.29 is 9.18 Å². The van der Waals surface area contributed by atoms with Gasteiger partial charge in [0.05, 0.1) is 33.3 Å². The molecule has 2 unspecified atom stereocenters. The molecule has 0 saturated heterocycles. The molecule has 8 nitrogen and oxygen atoms in total. The second-order valence-corrected chi connectivity index (χ2v) is 10.5. The second kappa shape index (κ2) is 12.9. The molecule has 5 rings (SSSR count). The molecule has 1 amide bonds. The molecule has 39 heavy (non-hydrogen) atoms. The van der Waals surface area contributed by atoms with Gasteiger partial charge in [-0.2, -0.15) is 10.2 Å². The smallest absolute Gasteiger partial charge is 0.261 e. The molecule has 11 heteroatoms. The fourth-order valence-corrected chi connectivity index (χ4v) is 5.57. The number of hydrogen-bond acceptors (Lipinski definition) is 6. The van der Waals surface area contributed by atoms with Gasteiger partial charge in [-0.05, 0) is 50.8 Å². The summed E-state index contributed by atoms with van der Waals surface area (Å²) in [5, 5.41) is 11.5. The van der Waals surface area contributed by atoms with Gasteiger partial charge < -0.3 is 9.88 Å². The zero-order chi connectivity index (χ0) is 27.9. The lowest BCUT2D eigenvalue weighted by molar-refractivity contribution is 0.0925. The number of amides is 1. The zero-order valence-electron chi connectivity index (χ0n) is 22.1. The molecule has 0 aliphatic heterocycles. The Kier molecular flexibility index (Phi) is 9.42. The number of pyridine rings is 1. The Morgan fingerprint density at radius 1 is 1.26 bits per heavy atom. The summed E-state index contributed by atoms with van der Waals surface area (Å²) < 4.78 is 17.6. The predicted octanol–water partition coefficient (Wildman–Crippen LogP) is 7.11. The number of hydrogen-bond donors (Lipinski definition) is 1. The Hall–Kier alpha value is -3.63. The first-order valence-electron chi connectivity index (χ1n) is 12.9. The van der Waals surface area contributed by atoms with E-state index in [4.69, 9.17) is 16.6 Å². The first kappa shape index (κ1) is 28.4. The summed E-state index contributed by atoms with van der Waals surface area (Å²) in [6.45, 7) is 9.84. The second-order valence-electron chi connectivity index (χ2n) is 8.77. The minimum Gasteiger partial charge on any atom is -0.349 e. The number of rotatable bonds is 7. The Balaban J connectivity index is 0.00000172. The van der Waals surface area contributed by atoms with Crippen LogP contribution in [-0.2, 0) is 0 Å². The van der Waals surface area contributed by atoms with Crippen LogP contribution in [-0.4, -0.2) is 41.5 Å². The largest absolute Gasteiger partial charge is 0.349 e. The van der Waals surface area contributed by atoms with Gasteiger partial charge in [0.25, 0.3) is 5.91 Å². The van der Waals surface area contributed by atoms with Crippen molar-refractivity contribution >= 4 is 45.5 Å². The van der Waals surface area contributed by atoms with Crippen molar-refractivity contribution in [3.8, 4) is 5.82 Å². The third-order valence-corrected chi connectivity index (χ3v) is 7.55. The van der Waals surface area contributed by atoms with E-state index >= 15 is 4.39 Å². The molecule has 4 heterocycles. The quantitative estimate of drug-likeness (QED) is 0.240. The summed E-state index contributed by atoms with van der Waals surface area (Å²) in [7, 11) is 0. The first-order valence-corrected chi connectivity index (χ1v) is 14.1. The van der Waals surface area contributed by atoms with E-state index in [0.29, 0.717) is 32.8 Å². The van der Waals surface area contributed by atoms with Gasteiger partial charge in [-0.1, -0.05) is 44.2 Å². The third-order valence-electron chi connectivity index (χ3n) is 6.32. The standard InChI is InChI=1S/C26H25ClFN7OS.C2H6/c1-3-4-8-19(28)16(2)25-33-20-15-29-24(35-30-11-12-31-35)14-21(20)34(25)18-7-5-6-17(13-18)32-26(36)22-9-10-23(27)37-22;1-2/h3-4,8-12,14-15,17-18H,2,5-7,13H2,1H3,(H,32,36);1-2H3/b4-3-,19-8+;. The number of halogens is 2. The highest BCUT2D eigenvalue weighted by molar-refractivity contribution is 7.18. The number of nitrogens with zero attached hydrogens (tertiary/aromatic N) is 6. The molecule has 1 aliphatic carbocycles. The van der Waals surface area contributed by atoms with Crippen LogP contribution in [0.1, 0.15) is 68.0 Å². The summed E-state index contributed by atoms with van der Waals surface area (Å²) >= 11 is 7.27. The summed E-state index contributed by atoms with van der Waals surface area (Å²) in [6, 6.07) is 5.20. The molecule has 0 bridgehead atoms. The molecule has 1 N–H and O–H groups in total. The molecular formula is C28H31ClFN7OS. The maximum atomic E-state index is 15.0. The van der Waals surface area contributed by atoms with Crippen LogP contribution in [0.2, 0.25) is 4.34 Å². The average molecular weight is 568 g/mol. The van der Waals surface area contributed by atoms with E-state index in [-0.39, 0.29) is 23.6 Å². The Morgan fingerprint density at radius 3 is 2.72 bits per heavy atom. The van der Waals surface area contributed by atoms with E-state index in [9.17, 15) is 4.79 Å². The molecule has 0 spiro atoms. The molecule has 1 fully saturated rings. The Morgan fingerprint density at radius 2 is 2.03 bits per heavy atom. The van der Waals surface area contributed by atoms with Crippen LogP contribution < -0.4 is 5.32 Å². The lowest BCUT2D eigenvalue weighted by atomic mass is 9.90. The van der Waals surface area contributed by atoms with Crippen LogP contribution in [0.15, 0.2) is 67.4 Å². The highest BCUT2D eigenvalue weighted by atomic mass is 35.5. The Labute approximate surface area is 235 Å². The van der Waals surface area contributed by atoms with Crippen LogP contribution in [0.3, 0.4) is 0 Å². The van der Waals surface area contributed by atoms with Crippen molar-refractivity contribution in [1.29, 1.82) is 0 Å². The van der Waals surface area contributed by atoms with Gasteiger partial charge in [0.1, 0.15) is 17.2 Å². The van der Waals surface area contributed by atoms with E-state index in [0.717, 1.165) is 24.8 Å². The van der Waals surface area contributed by atoms with Gasteiger partial charge in [-0.3, -0.25) is 4.79 Å². The predicted molar refractivity (Wildman–Crippen MR) is 155 cm³/mol. The topological polar surface area (TPSA) is 90.5 Å². The monoisotopic (exact) mass is 567 g/mol. The summed E-state index contributed by atoms with van der Waals surface area (Å²) in [6.07, 6.45) is 12.8. The lowest BCUT2D eigenvalue weighted by Crippen LogP contribution is -2.38. The number of carbonyl (C=O) groups excluding carboxylic acids is 1. The number of thiophene rings is 1. The third kappa shape index (κ3) is 6.34. The van der Waals surface area contributed by atoms with Gasteiger partial charge in [-0.15, -0.1) is 16.1 Å². The highest BCUT2D eigenvalue weighted by Gasteiger charge is 2.29. The number of carbonyl (C=O) groups is 1. The molecule has 0 radical (unpaired) electrons. The number of aromatic nitrogens is 6. The molecular weight excluding hydrogens is 537 g/mol. The molecule has 1 aliphatic rings. The van der Waals surface area contributed by atoms with E-state index in [1.165, 1.54) is 22.2 Å². The highest BCUT2D eigenvalue weighted by Crippen LogP contribution is 2.36. The molecule has 1 saturated carbocycles. The fourth-order valence-electron chi connectivity index (χ4n) is 4.62.